The van der Waals surface area contributed by atoms with Gasteiger partial charge in [0.25, 0.3) is 5.56 Å². The van der Waals surface area contributed by atoms with Crippen molar-refractivity contribution in [3.05, 3.63) is 28.1 Å². The molecule has 1 aliphatic rings. The number of fused-ring (bicyclic) bond motifs is 1. The molecule has 0 radical (unpaired) electrons. The number of nitrogens with one attached hydrogen (secondary N) is 1. The predicted molar refractivity (Wildman–Crippen MR) is 97.3 cm³/mol. The lowest BCUT2D eigenvalue weighted by molar-refractivity contribution is -0.121. The minimum Gasteiger partial charge on any atom is -0.356 e. The van der Waals surface area contributed by atoms with Gasteiger partial charge in [-0.15, -0.1) is 11.3 Å². The Morgan fingerprint density at radius 3 is 2.79 bits per heavy atom. The zero-order valence-corrected chi connectivity index (χ0v) is 14.8. The monoisotopic (exact) mass is 347 g/mol. The Bertz CT molecular complexity index is 729. The van der Waals surface area contributed by atoms with Gasteiger partial charge < -0.3 is 5.32 Å². The Hall–Kier alpha value is -1.69. The number of hydrogen-bond donors (Lipinski definition) is 1. The van der Waals surface area contributed by atoms with Crippen molar-refractivity contribution >= 4 is 27.5 Å². The van der Waals surface area contributed by atoms with Crippen molar-refractivity contribution in [1.82, 2.24) is 14.9 Å². The highest BCUT2D eigenvalue weighted by atomic mass is 32.1. The molecule has 0 aromatic carbocycles. The fourth-order valence-corrected chi connectivity index (χ4v) is 4.09. The zero-order valence-electron chi connectivity index (χ0n) is 14.0. The van der Waals surface area contributed by atoms with Crippen LogP contribution in [0.5, 0.6) is 0 Å². The summed E-state index contributed by atoms with van der Waals surface area (Å²) in [6.07, 6.45) is 10.9. The van der Waals surface area contributed by atoms with Crippen molar-refractivity contribution < 1.29 is 4.79 Å². The van der Waals surface area contributed by atoms with Crippen LogP contribution in [0.4, 0.5) is 0 Å². The van der Waals surface area contributed by atoms with Gasteiger partial charge >= 0.3 is 0 Å². The number of rotatable bonds is 5. The van der Waals surface area contributed by atoms with E-state index < -0.39 is 0 Å². The molecule has 1 amide bonds. The topological polar surface area (TPSA) is 64.0 Å². The molecule has 0 spiro atoms. The molecular formula is C18H25N3O2S. The molecule has 1 N–H and O–H groups in total. The Morgan fingerprint density at radius 2 is 2.00 bits per heavy atom. The number of aryl methyl sites for hydroxylation is 1. The lowest BCUT2D eigenvalue weighted by Gasteiger charge is -2.20. The summed E-state index contributed by atoms with van der Waals surface area (Å²) < 4.78 is 1.53. The molecule has 0 atom stereocenters. The van der Waals surface area contributed by atoms with Crippen LogP contribution in [0, 0.1) is 5.92 Å². The summed E-state index contributed by atoms with van der Waals surface area (Å²) in [7, 11) is 0. The normalized spacial score (nSPS) is 16.7. The highest BCUT2D eigenvalue weighted by molar-refractivity contribution is 7.16. The SMILES string of the molecule is O=C(CCn1cnc2sccc2c1=O)NCC1CCCCCCC1. The molecule has 6 heteroatoms. The fourth-order valence-electron chi connectivity index (χ4n) is 3.37. The average Bonchev–Trinajstić information content (AvgIpc) is 3.02. The molecule has 1 fully saturated rings. The van der Waals surface area contributed by atoms with E-state index in [-0.39, 0.29) is 11.5 Å². The summed E-state index contributed by atoms with van der Waals surface area (Å²) in [4.78, 5) is 29.4. The lowest BCUT2D eigenvalue weighted by atomic mass is 9.91. The van der Waals surface area contributed by atoms with E-state index in [1.165, 1.54) is 60.8 Å². The molecule has 0 bridgehead atoms. The second-order valence-electron chi connectivity index (χ2n) is 6.65. The molecular weight excluding hydrogens is 322 g/mol. The van der Waals surface area contributed by atoms with Crippen LogP contribution in [-0.2, 0) is 11.3 Å². The van der Waals surface area contributed by atoms with E-state index in [0.29, 0.717) is 24.3 Å². The molecule has 1 saturated carbocycles. The molecule has 2 aromatic rings. The Balaban J connectivity index is 1.47. The Kier molecular flexibility index (Phi) is 6.01. The van der Waals surface area contributed by atoms with Gasteiger partial charge in [0.15, 0.2) is 0 Å². The second kappa shape index (κ2) is 8.42. The van der Waals surface area contributed by atoms with E-state index >= 15 is 0 Å². The standard InChI is InChI=1S/C18H25N3O2S/c22-16(19-12-14-6-4-2-1-3-5-7-14)8-10-21-13-20-17-15(18(21)23)9-11-24-17/h9,11,13-14H,1-8,10,12H2,(H,19,22). The molecule has 2 aromatic heterocycles. The van der Waals surface area contributed by atoms with Gasteiger partial charge in [-0.3, -0.25) is 14.2 Å². The average molecular weight is 347 g/mol. The van der Waals surface area contributed by atoms with Gasteiger partial charge in [-0.1, -0.05) is 32.1 Å². The highest BCUT2D eigenvalue weighted by Crippen LogP contribution is 2.21. The number of hydrogen-bond acceptors (Lipinski definition) is 4. The minimum atomic E-state index is -0.0610. The lowest BCUT2D eigenvalue weighted by Crippen LogP contribution is -2.31. The third-order valence-corrected chi connectivity index (χ3v) is 5.66. The molecule has 1 aliphatic carbocycles. The number of nitrogens with zero attached hydrogens (tertiary/aromatic N) is 2. The molecule has 0 aliphatic heterocycles. The van der Waals surface area contributed by atoms with Crippen LogP contribution in [0.1, 0.15) is 51.4 Å². The van der Waals surface area contributed by atoms with Crippen molar-refractivity contribution in [3.8, 4) is 0 Å². The zero-order chi connectivity index (χ0) is 16.8. The van der Waals surface area contributed by atoms with Crippen molar-refractivity contribution in [2.24, 2.45) is 5.92 Å². The highest BCUT2D eigenvalue weighted by Gasteiger charge is 2.13. The molecule has 130 valence electrons. The van der Waals surface area contributed by atoms with Crippen molar-refractivity contribution in [3.63, 3.8) is 0 Å². The Morgan fingerprint density at radius 1 is 1.25 bits per heavy atom. The van der Waals surface area contributed by atoms with Crippen molar-refractivity contribution in [2.75, 3.05) is 6.54 Å². The van der Waals surface area contributed by atoms with Gasteiger partial charge in [0.05, 0.1) is 11.7 Å². The number of aromatic nitrogens is 2. The largest absolute Gasteiger partial charge is 0.356 e. The number of carbonyl (C=O) groups excluding carboxylic acids is 1. The molecule has 3 rings (SSSR count). The predicted octanol–water partition coefficient (Wildman–Crippen LogP) is 3.32. The van der Waals surface area contributed by atoms with Gasteiger partial charge in [-0.05, 0) is 30.2 Å². The molecule has 5 nitrogen and oxygen atoms in total. The number of amides is 1. The van der Waals surface area contributed by atoms with E-state index in [1.807, 2.05) is 5.38 Å². The first-order valence-electron chi connectivity index (χ1n) is 8.93. The molecule has 0 saturated heterocycles. The van der Waals surface area contributed by atoms with E-state index in [4.69, 9.17) is 0 Å². The maximum atomic E-state index is 12.3. The maximum absolute atomic E-state index is 12.3. The number of thiophene rings is 1. The fraction of sp³-hybridized carbons (Fsp3) is 0.611. The van der Waals surface area contributed by atoms with Crippen LogP contribution in [0.15, 0.2) is 22.6 Å². The quantitative estimate of drug-likeness (QED) is 0.902. The summed E-state index contributed by atoms with van der Waals surface area (Å²) in [5.41, 5.74) is -0.0610. The Labute approximate surface area is 146 Å². The molecule has 2 heterocycles. The summed E-state index contributed by atoms with van der Waals surface area (Å²) in [6.45, 7) is 1.16. The van der Waals surface area contributed by atoms with E-state index in [1.54, 1.807) is 12.4 Å². The smallest absolute Gasteiger partial charge is 0.262 e. The second-order valence-corrected chi connectivity index (χ2v) is 7.54. The third-order valence-electron chi connectivity index (χ3n) is 4.84. The third kappa shape index (κ3) is 4.44. The van der Waals surface area contributed by atoms with E-state index in [0.717, 1.165) is 11.4 Å². The minimum absolute atomic E-state index is 0.0226. The van der Waals surface area contributed by atoms with Crippen LogP contribution < -0.4 is 10.9 Å². The van der Waals surface area contributed by atoms with Gasteiger partial charge in [0.1, 0.15) is 4.83 Å². The van der Waals surface area contributed by atoms with Crippen LogP contribution in [-0.4, -0.2) is 22.0 Å². The van der Waals surface area contributed by atoms with Crippen LogP contribution in [0.2, 0.25) is 0 Å². The first-order chi connectivity index (χ1) is 11.7. The maximum Gasteiger partial charge on any atom is 0.262 e. The van der Waals surface area contributed by atoms with Crippen LogP contribution in [0.3, 0.4) is 0 Å². The van der Waals surface area contributed by atoms with Gasteiger partial charge in [0, 0.05) is 19.5 Å². The first kappa shape index (κ1) is 17.1. The van der Waals surface area contributed by atoms with E-state index in [2.05, 4.69) is 10.3 Å². The summed E-state index contributed by atoms with van der Waals surface area (Å²) in [5.74, 6) is 0.634. The van der Waals surface area contributed by atoms with Gasteiger partial charge in [0.2, 0.25) is 5.91 Å². The summed E-state index contributed by atoms with van der Waals surface area (Å²) in [5, 5.41) is 5.55. The van der Waals surface area contributed by atoms with Crippen molar-refractivity contribution in [1.29, 1.82) is 0 Å². The number of carbonyl (C=O) groups is 1. The van der Waals surface area contributed by atoms with Crippen LogP contribution >= 0.6 is 11.3 Å². The van der Waals surface area contributed by atoms with Gasteiger partial charge in [-0.2, -0.15) is 0 Å². The summed E-state index contributed by atoms with van der Waals surface area (Å²) >= 11 is 1.46. The molecule has 0 unspecified atom stereocenters. The molecule has 24 heavy (non-hydrogen) atoms. The van der Waals surface area contributed by atoms with Crippen LogP contribution in [0.25, 0.3) is 10.2 Å². The van der Waals surface area contributed by atoms with Crippen molar-refractivity contribution in [2.45, 2.75) is 57.9 Å². The van der Waals surface area contributed by atoms with Gasteiger partial charge in [-0.25, -0.2) is 4.98 Å². The summed E-state index contributed by atoms with van der Waals surface area (Å²) in [6, 6.07) is 1.79. The first-order valence-corrected chi connectivity index (χ1v) is 9.81. The van der Waals surface area contributed by atoms with E-state index in [9.17, 15) is 9.59 Å².